The monoisotopic (exact) mass is 326 g/mol. The van der Waals surface area contributed by atoms with Crippen LogP contribution >= 0.6 is 0 Å². The standard InChI is InChI=1S/C12H18O4.C5H8O2/c1-4-5-8-16-12(15)10(3)7-6-9(2)11(13)14;1-3-4(2)5(6)7/h6H,3-5,7-8H2,1-2H3,(H,13,14);2-3H2,1H3,(H,6,7). The second-order valence-electron chi connectivity index (χ2n) is 4.75. The fraction of sp³-hybridized carbons (Fsp3) is 0.471. The van der Waals surface area contributed by atoms with Crippen molar-refractivity contribution in [1.29, 1.82) is 0 Å². The molecule has 0 saturated heterocycles. The van der Waals surface area contributed by atoms with Crippen LogP contribution in [0.15, 0.2) is 36.0 Å². The molecule has 0 aliphatic rings. The van der Waals surface area contributed by atoms with Gasteiger partial charge in [0.25, 0.3) is 0 Å². The number of unbranched alkanes of at least 4 members (excludes halogenated alkanes) is 1. The molecule has 0 heterocycles. The van der Waals surface area contributed by atoms with E-state index in [0.29, 0.717) is 13.0 Å². The molecule has 6 heteroatoms. The summed E-state index contributed by atoms with van der Waals surface area (Å²) in [5.41, 5.74) is 0.735. The van der Waals surface area contributed by atoms with Crippen LogP contribution < -0.4 is 0 Å². The fourth-order valence-corrected chi connectivity index (χ4v) is 1.01. The minimum atomic E-state index is -0.993. The summed E-state index contributed by atoms with van der Waals surface area (Å²) in [6, 6.07) is 0. The maximum atomic E-state index is 11.3. The molecule has 0 aliphatic carbocycles. The van der Waals surface area contributed by atoms with Gasteiger partial charge >= 0.3 is 17.9 Å². The molecule has 0 saturated carbocycles. The van der Waals surface area contributed by atoms with E-state index in [-0.39, 0.29) is 23.1 Å². The highest BCUT2D eigenvalue weighted by atomic mass is 16.5. The summed E-state index contributed by atoms with van der Waals surface area (Å²) in [5.74, 6) is -2.35. The molecule has 2 N–H and O–H groups in total. The van der Waals surface area contributed by atoms with Crippen LogP contribution in [-0.4, -0.2) is 34.7 Å². The van der Waals surface area contributed by atoms with Crippen LogP contribution in [-0.2, 0) is 19.1 Å². The van der Waals surface area contributed by atoms with Gasteiger partial charge in [0.1, 0.15) is 0 Å². The molecule has 0 bridgehead atoms. The molecule has 0 aromatic carbocycles. The summed E-state index contributed by atoms with van der Waals surface area (Å²) in [6.07, 6.45) is 3.96. The van der Waals surface area contributed by atoms with Gasteiger partial charge in [-0.3, -0.25) is 0 Å². The Kier molecular flexibility index (Phi) is 13.2. The van der Waals surface area contributed by atoms with E-state index < -0.39 is 17.9 Å². The van der Waals surface area contributed by atoms with E-state index in [0.717, 1.165) is 12.8 Å². The third-order valence-electron chi connectivity index (χ3n) is 2.74. The van der Waals surface area contributed by atoms with Crippen LogP contribution in [0.4, 0.5) is 0 Å². The van der Waals surface area contributed by atoms with E-state index in [1.165, 1.54) is 13.0 Å². The highest BCUT2D eigenvalue weighted by Crippen LogP contribution is 2.06. The zero-order valence-corrected chi connectivity index (χ0v) is 14.1. The first-order valence-corrected chi connectivity index (χ1v) is 7.33. The molecular formula is C17H26O6. The Morgan fingerprint density at radius 2 is 1.61 bits per heavy atom. The number of aliphatic carboxylic acids is 2. The first-order chi connectivity index (χ1) is 10.7. The molecule has 0 fully saturated rings. The fourth-order valence-electron chi connectivity index (χ4n) is 1.01. The summed E-state index contributed by atoms with van der Waals surface area (Å²) in [5, 5.41) is 16.7. The quantitative estimate of drug-likeness (QED) is 0.383. The SMILES string of the molecule is C=C(CC)C(=O)O.C=C(CC=C(C)C(=O)O)C(=O)OCCCC. The Labute approximate surface area is 137 Å². The van der Waals surface area contributed by atoms with Gasteiger partial charge < -0.3 is 14.9 Å². The third-order valence-corrected chi connectivity index (χ3v) is 2.74. The predicted molar refractivity (Wildman–Crippen MR) is 88.1 cm³/mol. The Bertz CT molecular complexity index is 473. The van der Waals surface area contributed by atoms with Crippen molar-refractivity contribution >= 4 is 17.9 Å². The van der Waals surface area contributed by atoms with Crippen molar-refractivity contribution in [2.45, 2.75) is 46.5 Å². The van der Waals surface area contributed by atoms with Gasteiger partial charge in [-0.15, -0.1) is 0 Å². The number of carbonyl (C=O) groups excluding carboxylic acids is 1. The molecule has 0 spiro atoms. The van der Waals surface area contributed by atoms with Crippen LogP contribution in [0.1, 0.15) is 46.5 Å². The van der Waals surface area contributed by atoms with Crippen LogP contribution in [0, 0.1) is 0 Å². The lowest BCUT2D eigenvalue weighted by Gasteiger charge is -2.04. The molecule has 0 aliphatic heterocycles. The van der Waals surface area contributed by atoms with Gasteiger partial charge in [-0.1, -0.05) is 39.5 Å². The highest BCUT2D eigenvalue weighted by molar-refractivity contribution is 5.89. The van der Waals surface area contributed by atoms with Crippen molar-refractivity contribution in [3.05, 3.63) is 36.0 Å². The number of carboxylic acids is 2. The van der Waals surface area contributed by atoms with Gasteiger partial charge in [0.2, 0.25) is 0 Å². The molecule has 0 amide bonds. The summed E-state index contributed by atoms with van der Waals surface area (Å²) < 4.78 is 4.92. The number of ether oxygens (including phenoxy) is 1. The van der Waals surface area contributed by atoms with Gasteiger partial charge in [-0.25, -0.2) is 14.4 Å². The summed E-state index contributed by atoms with van der Waals surface area (Å²) in [4.78, 5) is 31.6. The average Bonchev–Trinajstić information content (AvgIpc) is 2.51. The highest BCUT2D eigenvalue weighted by Gasteiger charge is 2.07. The summed E-state index contributed by atoms with van der Waals surface area (Å²) >= 11 is 0. The van der Waals surface area contributed by atoms with Gasteiger partial charge in [-0.05, 0) is 26.2 Å². The molecule has 130 valence electrons. The zero-order valence-electron chi connectivity index (χ0n) is 14.1. The minimum absolute atomic E-state index is 0.197. The van der Waals surface area contributed by atoms with Crippen LogP contribution in [0.2, 0.25) is 0 Å². The molecule has 0 aromatic heterocycles. The minimum Gasteiger partial charge on any atom is -0.478 e. The van der Waals surface area contributed by atoms with Crippen molar-refractivity contribution in [3.8, 4) is 0 Å². The van der Waals surface area contributed by atoms with Crippen molar-refractivity contribution in [1.82, 2.24) is 0 Å². The topological polar surface area (TPSA) is 101 Å². The first-order valence-electron chi connectivity index (χ1n) is 7.33. The van der Waals surface area contributed by atoms with E-state index in [1.54, 1.807) is 6.92 Å². The Morgan fingerprint density at radius 1 is 1.04 bits per heavy atom. The lowest BCUT2D eigenvalue weighted by molar-refractivity contribution is -0.139. The number of carboxylic acid groups (broad SMARTS) is 2. The molecule has 0 atom stereocenters. The second kappa shape index (κ2) is 13.3. The zero-order chi connectivity index (χ0) is 18.4. The van der Waals surface area contributed by atoms with Crippen molar-refractivity contribution in [2.24, 2.45) is 0 Å². The predicted octanol–water partition coefficient (Wildman–Crippen LogP) is 3.34. The van der Waals surface area contributed by atoms with Crippen LogP contribution in [0.5, 0.6) is 0 Å². The lowest BCUT2D eigenvalue weighted by Crippen LogP contribution is -2.08. The number of rotatable bonds is 9. The van der Waals surface area contributed by atoms with Gasteiger partial charge in [0.15, 0.2) is 0 Å². The molecule has 0 radical (unpaired) electrons. The average molecular weight is 326 g/mol. The lowest BCUT2D eigenvalue weighted by atomic mass is 10.1. The van der Waals surface area contributed by atoms with Crippen LogP contribution in [0.3, 0.4) is 0 Å². The van der Waals surface area contributed by atoms with Crippen LogP contribution in [0.25, 0.3) is 0 Å². The largest absolute Gasteiger partial charge is 0.478 e. The second-order valence-corrected chi connectivity index (χ2v) is 4.75. The summed E-state index contributed by atoms with van der Waals surface area (Å²) in [7, 11) is 0. The number of carbonyl (C=O) groups is 3. The van der Waals surface area contributed by atoms with Gasteiger partial charge in [0, 0.05) is 16.7 Å². The number of esters is 1. The number of hydrogen-bond donors (Lipinski definition) is 2. The smallest absolute Gasteiger partial charge is 0.333 e. The molecule has 0 rings (SSSR count). The van der Waals surface area contributed by atoms with E-state index in [9.17, 15) is 14.4 Å². The maximum absolute atomic E-state index is 11.3. The third kappa shape index (κ3) is 13.0. The number of allylic oxidation sites excluding steroid dienone is 1. The van der Waals surface area contributed by atoms with E-state index in [1.807, 2.05) is 6.92 Å². The molecular weight excluding hydrogens is 300 g/mol. The van der Waals surface area contributed by atoms with Crippen molar-refractivity contribution in [3.63, 3.8) is 0 Å². The Hall–Kier alpha value is -2.37. The Balaban J connectivity index is 0. The maximum Gasteiger partial charge on any atom is 0.333 e. The van der Waals surface area contributed by atoms with E-state index >= 15 is 0 Å². The normalized spacial score (nSPS) is 10.1. The molecule has 6 nitrogen and oxygen atoms in total. The molecule has 23 heavy (non-hydrogen) atoms. The van der Waals surface area contributed by atoms with E-state index in [2.05, 4.69) is 13.2 Å². The summed E-state index contributed by atoms with van der Waals surface area (Å²) in [6.45, 7) is 12.4. The number of hydrogen-bond acceptors (Lipinski definition) is 4. The van der Waals surface area contributed by atoms with E-state index in [4.69, 9.17) is 14.9 Å². The van der Waals surface area contributed by atoms with Crippen molar-refractivity contribution in [2.75, 3.05) is 6.61 Å². The Morgan fingerprint density at radius 3 is 1.96 bits per heavy atom. The van der Waals surface area contributed by atoms with Crippen molar-refractivity contribution < 1.29 is 29.3 Å². The first kappa shape index (κ1) is 22.9. The van der Waals surface area contributed by atoms with Gasteiger partial charge in [-0.2, -0.15) is 0 Å². The molecule has 0 aromatic rings. The van der Waals surface area contributed by atoms with Gasteiger partial charge in [0.05, 0.1) is 6.61 Å². The molecule has 0 unspecified atom stereocenters.